The van der Waals surface area contributed by atoms with E-state index in [4.69, 9.17) is 10.6 Å². The molecule has 0 aromatic carbocycles. The highest BCUT2D eigenvalue weighted by molar-refractivity contribution is 5.31. The SMILES string of the molecule is Nn1ccnc1N1CCOCC1. The number of ether oxygens (including phenoxy) is 1. The Hall–Kier alpha value is -1.23. The molecule has 1 fully saturated rings. The molecule has 0 saturated carbocycles. The second kappa shape index (κ2) is 3.02. The summed E-state index contributed by atoms with van der Waals surface area (Å²) in [6, 6.07) is 0. The minimum absolute atomic E-state index is 0.757. The minimum atomic E-state index is 0.757. The number of hydrogen-bond acceptors (Lipinski definition) is 4. The van der Waals surface area contributed by atoms with Gasteiger partial charge >= 0.3 is 0 Å². The van der Waals surface area contributed by atoms with E-state index in [0.717, 1.165) is 32.3 Å². The van der Waals surface area contributed by atoms with Crippen LogP contribution in [0.5, 0.6) is 0 Å². The highest BCUT2D eigenvalue weighted by Gasteiger charge is 2.14. The van der Waals surface area contributed by atoms with Gasteiger partial charge in [0, 0.05) is 25.5 Å². The summed E-state index contributed by atoms with van der Waals surface area (Å²) < 4.78 is 6.75. The minimum Gasteiger partial charge on any atom is -0.378 e. The van der Waals surface area contributed by atoms with E-state index in [1.165, 1.54) is 4.68 Å². The fourth-order valence-corrected chi connectivity index (χ4v) is 1.31. The lowest BCUT2D eigenvalue weighted by Crippen LogP contribution is -2.38. The Kier molecular flexibility index (Phi) is 1.87. The van der Waals surface area contributed by atoms with Crippen LogP contribution < -0.4 is 10.7 Å². The number of imidazole rings is 1. The smallest absolute Gasteiger partial charge is 0.224 e. The van der Waals surface area contributed by atoms with Gasteiger partial charge in [-0.2, -0.15) is 0 Å². The van der Waals surface area contributed by atoms with Crippen LogP contribution in [-0.2, 0) is 4.74 Å². The van der Waals surface area contributed by atoms with Gasteiger partial charge in [0.2, 0.25) is 5.95 Å². The Morgan fingerprint density at radius 1 is 1.42 bits per heavy atom. The van der Waals surface area contributed by atoms with E-state index < -0.39 is 0 Å². The Morgan fingerprint density at radius 2 is 2.17 bits per heavy atom. The number of nitrogen functional groups attached to an aromatic ring is 1. The van der Waals surface area contributed by atoms with Crippen LogP contribution in [0.25, 0.3) is 0 Å². The zero-order valence-electron chi connectivity index (χ0n) is 6.81. The van der Waals surface area contributed by atoms with Gasteiger partial charge in [-0.05, 0) is 0 Å². The predicted octanol–water partition coefficient (Wildman–Crippen LogP) is -0.567. The number of nitrogens with two attached hydrogens (primary N) is 1. The van der Waals surface area contributed by atoms with Crippen molar-refractivity contribution in [2.75, 3.05) is 37.0 Å². The van der Waals surface area contributed by atoms with Crippen molar-refractivity contribution in [3.8, 4) is 0 Å². The predicted molar refractivity (Wildman–Crippen MR) is 45.4 cm³/mol. The maximum atomic E-state index is 5.64. The molecular weight excluding hydrogens is 156 g/mol. The number of aromatic nitrogens is 2. The molecule has 0 radical (unpaired) electrons. The molecule has 5 nitrogen and oxygen atoms in total. The van der Waals surface area contributed by atoms with E-state index >= 15 is 0 Å². The summed E-state index contributed by atoms with van der Waals surface area (Å²) in [5, 5.41) is 0. The monoisotopic (exact) mass is 168 g/mol. The maximum Gasteiger partial charge on any atom is 0.224 e. The van der Waals surface area contributed by atoms with Gasteiger partial charge in [0.05, 0.1) is 13.2 Å². The molecule has 2 N–H and O–H groups in total. The lowest BCUT2D eigenvalue weighted by molar-refractivity contribution is 0.122. The van der Waals surface area contributed by atoms with Gasteiger partial charge in [-0.1, -0.05) is 0 Å². The lowest BCUT2D eigenvalue weighted by Gasteiger charge is -2.27. The van der Waals surface area contributed by atoms with Crippen LogP contribution in [-0.4, -0.2) is 36.0 Å². The largest absolute Gasteiger partial charge is 0.378 e. The molecule has 0 amide bonds. The van der Waals surface area contributed by atoms with Gasteiger partial charge in [-0.25, -0.2) is 9.66 Å². The number of nitrogens with zero attached hydrogens (tertiary/aromatic N) is 3. The van der Waals surface area contributed by atoms with Gasteiger partial charge in [0.1, 0.15) is 0 Å². The molecule has 0 unspecified atom stereocenters. The molecule has 0 atom stereocenters. The molecule has 2 heterocycles. The molecule has 5 heteroatoms. The highest BCUT2D eigenvalue weighted by atomic mass is 16.5. The summed E-state index contributed by atoms with van der Waals surface area (Å²) in [4.78, 5) is 6.26. The van der Waals surface area contributed by atoms with E-state index in [1.54, 1.807) is 12.4 Å². The first-order chi connectivity index (χ1) is 5.88. The Morgan fingerprint density at radius 3 is 2.75 bits per heavy atom. The molecule has 1 aliphatic rings. The molecule has 1 saturated heterocycles. The van der Waals surface area contributed by atoms with Crippen molar-refractivity contribution in [1.82, 2.24) is 9.66 Å². The fourth-order valence-electron chi connectivity index (χ4n) is 1.31. The second-order valence-electron chi connectivity index (χ2n) is 2.73. The topological polar surface area (TPSA) is 56.3 Å². The van der Waals surface area contributed by atoms with Crippen LogP contribution >= 0.6 is 0 Å². The third-order valence-corrected chi connectivity index (χ3v) is 1.94. The number of anilines is 1. The number of morpholine rings is 1. The number of rotatable bonds is 1. The summed E-state index contributed by atoms with van der Waals surface area (Å²) >= 11 is 0. The van der Waals surface area contributed by atoms with Gasteiger partial charge < -0.3 is 15.5 Å². The Bertz CT molecular complexity index is 254. The van der Waals surface area contributed by atoms with Crippen LogP contribution in [0.3, 0.4) is 0 Å². The average molecular weight is 168 g/mol. The first-order valence-corrected chi connectivity index (χ1v) is 3.99. The molecule has 0 aliphatic carbocycles. The Labute approximate surface area is 70.7 Å². The zero-order valence-corrected chi connectivity index (χ0v) is 6.81. The lowest BCUT2D eigenvalue weighted by atomic mass is 10.4. The first-order valence-electron chi connectivity index (χ1n) is 3.99. The molecule has 1 aliphatic heterocycles. The van der Waals surface area contributed by atoms with Crippen LogP contribution in [0, 0.1) is 0 Å². The highest BCUT2D eigenvalue weighted by Crippen LogP contribution is 2.09. The average Bonchev–Trinajstić information content (AvgIpc) is 2.53. The summed E-state index contributed by atoms with van der Waals surface area (Å²) in [6.07, 6.45) is 3.44. The summed E-state index contributed by atoms with van der Waals surface area (Å²) in [5.41, 5.74) is 0. The summed E-state index contributed by atoms with van der Waals surface area (Å²) in [7, 11) is 0. The summed E-state index contributed by atoms with van der Waals surface area (Å²) in [6.45, 7) is 3.25. The van der Waals surface area contributed by atoms with Crippen molar-refractivity contribution in [2.24, 2.45) is 0 Å². The normalized spacial score (nSPS) is 18.2. The van der Waals surface area contributed by atoms with Crippen LogP contribution in [0.15, 0.2) is 12.4 Å². The van der Waals surface area contributed by atoms with E-state index in [1.807, 2.05) is 0 Å². The molecule has 0 spiro atoms. The third-order valence-electron chi connectivity index (χ3n) is 1.94. The van der Waals surface area contributed by atoms with Gasteiger partial charge in [-0.15, -0.1) is 0 Å². The van der Waals surface area contributed by atoms with Gasteiger partial charge in [0.25, 0.3) is 0 Å². The van der Waals surface area contributed by atoms with Crippen molar-refractivity contribution in [3.63, 3.8) is 0 Å². The molecule has 1 aromatic rings. The van der Waals surface area contributed by atoms with Crippen molar-refractivity contribution in [2.45, 2.75) is 0 Å². The standard InChI is InChI=1S/C7H12N4O/c8-11-2-1-9-7(11)10-3-5-12-6-4-10/h1-2H,3-6,8H2. The van der Waals surface area contributed by atoms with Crippen molar-refractivity contribution < 1.29 is 4.74 Å². The zero-order chi connectivity index (χ0) is 8.39. The van der Waals surface area contributed by atoms with Crippen LogP contribution in [0.1, 0.15) is 0 Å². The van der Waals surface area contributed by atoms with E-state index in [2.05, 4.69) is 9.88 Å². The van der Waals surface area contributed by atoms with Gasteiger partial charge in [0.15, 0.2) is 0 Å². The molecule has 66 valence electrons. The van der Waals surface area contributed by atoms with Crippen molar-refractivity contribution in [3.05, 3.63) is 12.4 Å². The molecule has 1 aromatic heterocycles. The van der Waals surface area contributed by atoms with Crippen LogP contribution in [0.2, 0.25) is 0 Å². The molecule has 0 bridgehead atoms. The molecule has 2 rings (SSSR count). The number of hydrogen-bond donors (Lipinski definition) is 1. The fraction of sp³-hybridized carbons (Fsp3) is 0.571. The second-order valence-corrected chi connectivity index (χ2v) is 2.73. The van der Waals surface area contributed by atoms with E-state index in [-0.39, 0.29) is 0 Å². The molecular formula is C7H12N4O. The first kappa shape index (κ1) is 7.42. The maximum absolute atomic E-state index is 5.64. The van der Waals surface area contributed by atoms with E-state index in [9.17, 15) is 0 Å². The van der Waals surface area contributed by atoms with Crippen LogP contribution in [0.4, 0.5) is 5.95 Å². The van der Waals surface area contributed by atoms with E-state index in [0.29, 0.717) is 0 Å². The Balaban J connectivity index is 2.13. The van der Waals surface area contributed by atoms with Crippen molar-refractivity contribution in [1.29, 1.82) is 0 Å². The van der Waals surface area contributed by atoms with Crippen molar-refractivity contribution >= 4 is 5.95 Å². The molecule has 12 heavy (non-hydrogen) atoms. The van der Waals surface area contributed by atoms with Gasteiger partial charge in [-0.3, -0.25) is 0 Å². The summed E-state index contributed by atoms with van der Waals surface area (Å²) in [5.74, 6) is 6.46. The quantitative estimate of drug-likeness (QED) is 0.571. The third kappa shape index (κ3) is 1.23.